The number of hydrogen-bond acceptors (Lipinski definition) is 11. The van der Waals surface area contributed by atoms with Gasteiger partial charge in [0.1, 0.15) is 22.0 Å². The summed E-state index contributed by atoms with van der Waals surface area (Å²) in [7, 11) is 0. The van der Waals surface area contributed by atoms with Crippen LogP contribution in [-0.4, -0.2) is 35.0 Å². The number of thioether (sulfide) groups is 2. The van der Waals surface area contributed by atoms with E-state index >= 15 is 0 Å². The number of halogens is 6. The third-order valence-corrected chi connectivity index (χ3v) is 10.8. The van der Waals surface area contributed by atoms with Crippen molar-refractivity contribution in [1.29, 1.82) is 0 Å². The van der Waals surface area contributed by atoms with Gasteiger partial charge in [0.05, 0.1) is 32.9 Å². The van der Waals surface area contributed by atoms with E-state index in [9.17, 15) is 29.8 Å². The van der Waals surface area contributed by atoms with Crippen molar-refractivity contribution in [3.63, 3.8) is 0 Å². The fourth-order valence-electron chi connectivity index (χ4n) is 4.49. The Hall–Kier alpha value is -3.14. The average Bonchev–Trinajstić information content (AvgIpc) is 3.03. The van der Waals surface area contributed by atoms with Crippen LogP contribution in [0.2, 0.25) is 30.1 Å². The molecule has 0 aromatic heterocycles. The molecule has 2 unspecified atom stereocenters. The van der Waals surface area contributed by atoms with Crippen LogP contribution in [0.5, 0.6) is 11.5 Å². The fraction of sp³-hybridized carbons (Fsp3) is 0.188. The summed E-state index contributed by atoms with van der Waals surface area (Å²) in [6, 6.07) is 13.0. The van der Waals surface area contributed by atoms with Crippen LogP contribution in [0, 0.1) is 20.2 Å². The molecule has 0 fully saturated rings. The van der Waals surface area contributed by atoms with Gasteiger partial charge >= 0.3 is 11.9 Å². The monoisotopic (exact) mass is 852 g/mol. The third kappa shape index (κ3) is 10.1. The van der Waals surface area contributed by atoms with E-state index in [1.54, 1.807) is 13.8 Å². The molecule has 0 bridgehead atoms. The van der Waals surface area contributed by atoms with Crippen molar-refractivity contribution in [2.45, 2.75) is 34.1 Å². The number of rotatable bonds is 14. The molecule has 0 N–H and O–H groups in total. The maximum atomic E-state index is 13.1. The van der Waals surface area contributed by atoms with Crippen molar-refractivity contribution in [3.05, 3.63) is 122 Å². The zero-order valence-corrected chi connectivity index (χ0v) is 32.2. The summed E-state index contributed by atoms with van der Waals surface area (Å²) in [5.41, 5.74) is -0.504. The summed E-state index contributed by atoms with van der Waals surface area (Å²) in [4.78, 5) is 49.1. The molecular formula is C32H22Cl6N2O9S2. The summed E-state index contributed by atoms with van der Waals surface area (Å²) >= 11 is 39.3. The lowest BCUT2D eigenvalue weighted by atomic mass is 10.1. The second kappa shape index (κ2) is 18.1. The number of carbonyl (C=O) groups excluding carboxylic acids is 2. The van der Waals surface area contributed by atoms with E-state index in [4.69, 9.17) is 83.8 Å². The van der Waals surface area contributed by atoms with E-state index in [0.29, 0.717) is 0 Å². The molecule has 0 aliphatic rings. The largest absolute Gasteiger partial charge is 0.465 e. The van der Waals surface area contributed by atoms with E-state index in [0.717, 1.165) is 35.7 Å². The van der Waals surface area contributed by atoms with Gasteiger partial charge in [-0.1, -0.05) is 93.1 Å². The first kappa shape index (κ1) is 40.6. The minimum atomic E-state index is -1.26. The highest BCUT2D eigenvalue weighted by atomic mass is 35.5. The molecule has 0 spiro atoms. The van der Waals surface area contributed by atoms with Crippen LogP contribution in [0.25, 0.3) is 0 Å². The molecule has 0 aliphatic carbocycles. The molecule has 51 heavy (non-hydrogen) atoms. The van der Waals surface area contributed by atoms with Gasteiger partial charge in [0, 0.05) is 65.5 Å². The van der Waals surface area contributed by atoms with Gasteiger partial charge in [0.2, 0.25) is 0 Å². The van der Waals surface area contributed by atoms with E-state index in [1.807, 2.05) is 0 Å². The zero-order valence-electron chi connectivity index (χ0n) is 26.0. The molecule has 19 heteroatoms. The van der Waals surface area contributed by atoms with Crippen molar-refractivity contribution in [3.8, 4) is 11.5 Å². The first-order valence-corrected chi connectivity index (χ1v) is 18.4. The number of nitrogens with zero attached hydrogens (tertiary/aromatic N) is 2. The van der Waals surface area contributed by atoms with Crippen molar-refractivity contribution in [2.24, 2.45) is 0 Å². The molecule has 0 saturated heterocycles. The summed E-state index contributed by atoms with van der Waals surface area (Å²) in [5, 5.41) is 22.1. The molecular weight excluding hydrogens is 833 g/mol. The molecule has 11 nitrogen and oxygen atoms in total. The number of carbonyl (C=O) groups is 2. The average molecular weight is 855 g/mol. The minimum absolute atomic E-state index is 0.00208. The highest BCUT2D eigenvalue weighted by molar-refractivity contribution is 8.00. The Labute approximate surface area is 329 Å². The second-order valence-electron chi connectivity index (χ2n) is 9.94. The second-order valence-corrected chi connectivity index (χ2v) is 14.7. The molecule has 0 heterocycles. The lowest BCUT2D eigenvalue weighted by Gasteiger charge is -2.19. The lowest BCUT2D eigenvalue weighted by molar-refractivity contribution is -0.387. The van der Waals surface area contributed by atoms with Gasteiger partial charge in [-0.25, -0.2) is 0 Å². The van der Waals surface area contributed by atoms with Crippen molar-refractivity contribution in [1.82, 2.24) is 0 Å². The molecule has 0 aliphatic heterocycles. The van der Waals surface area contributed by atoms with E-state index in [1.165, 1.54) is 48.5 Å². The van der Waals surface area contributed by atoms with E-state index < -0.39 is 32.3 Å². The van der Waals surface area contributed by atoms with Gasteiger partial charge in [-0.2, -0.15) is 0 Å². The van der Waals surface area contributed by atoms with E-state index in [-0.39, 0.29) is 87.1 Å². The van der Waals surface area contributed by atoms with Gasteiger partial charge < -0.3 is 14.2 Å². The zero-order chi connectivity index (χ0) is 37.6. The van der Waals surface area contributed by atoms with Crippen LogP contribution >= 0.6 is 93.1 Å². The van der Waals surface area contributed by atoms with Gasteiger partial charge in [0.25, 0.3) is 11.4 Å². The molecule has 0 amide bonds. The van der Waals surface area contributed by atoms with E-state index in [2.05, 4.69) is 0 Å². The SMILES string of the molecule is CCOC(=O)C(Sc1cc(Oc2ccc([N+](=O)[O-])c(SC(C(=O)OCC)c3c(Cl)cc(Cl)cc3Cl)c2)ccc1[N+](=O)[O-])c1c(Cl)cc(Cl)cc1Cl. The van der Waals surface area contributed by atoms with Gasteiger partial charge in [-0.3, -0.25) is 29.8 Å². The molecule has 0 saturated carbocycles. The molecule has 2 atom stereocenters. The summed E-state index contributed by atoms with van der Waals surface area (Å²) in [5.74, 6) is -1.45. The normalized spacial score (nSPS) is 12.2. The predicted octanol–water partition coefficient (Wildman–Crippen LogP) is 12.0. The van der Waals surface area contributed by atoms with Crippen LogP contribution in [0.4, 0.5) is 11.4 Å². The predicted molar refractivity (Wildman–Crippen MR) is 200 cm³/mol. The lowest BCUT2D eigenvalue weighted by Crippen LogP contribution is -2.14. The number of ether oxygens (including phenoxy) is 3. The fourth-order valence-corrected chi connectivity index (χ4v) is 9.29. The first-order valence-electron chi connectivity index (χ1n) is 14.3. The highest BCUT2D eigenvalue weighted by Crippen LogP contribution is 2.49. The smallest absolute Gasteiger partial charge is 0.324 e. The van der Waals surface area contributed by atoms with Crippen molar-refractivity contribution < 1.29 is 33.6 Å². The Bertz CT molecular complexity index is 1830. The van der Waals surface area contributed by atoms with Crippen LogP contribution in [0.15, 0.2) is 70.5 Å². The third-order valence-electron chi connectivity index (χ3n) is 6.59. The number of hydrogen-bond donors (Lipinski definition) is 0. The maximum Gasteiger partial charge on any atom is 0.324 e. The van der Waals surface area contributed by atoms with Gasteiger partial charge in [-0.05, 0) is 50.2 Å². The van der Waals surface area contributed by atoms with Crippen molar-refractivity contribution >= 4 is 116 Å². The Kier molecular flexibility index (Phi) is 14.4. The Morgan fingerprint density at radius 3 is 1.25 bits per heavy atom. The van der Waals surface area contributed by atoms with Gasteiger partial charge in [0.15, 0.2) is 0 Å². The molecule has 268 valence electrons. The summed E-state index contributed by atoms with van der Waals surface area (Å²) < 4.78 is 16.5. The summed E-state index contributed by atoms with van der Waals surface area (Å²) in [6.07, 6.45) is 0. The quantitative estimate of drug-likeness (QED) is 0.0516. The Balaban J connectivity index is 1.76. The minimum Gasteiger partial charge on any atom is -0.465 e. The number of benzene rings is 4. The Morgan fingerprint density at radius 2 is 0.961 bits per heavy atom. The van der Waals surface area contributed by atoms with Crippen molar-refractivity contribution in [2.75, 3.05) is 13.2 Å². The molecule has 4 aromatic carbocycles. The van der Waals surface area contributed by atoms with Crippen LogP contribution in [-0.2, 0) is 19.1 Å². The molecule has 4 rings (SSSR count). The number of esters is 2. The first-order chi connectivity index (χ1) is 24.1. The highest BCUT2D eigenvalue weighted by Gasteiger charge is 2.33. The topological polar surface area (TPSA) is 148 Å². The molecule has 0 radical (unpaired) electrons. The molecule has 4 aromatic rings. The van der Waals surface area contributed by atoms with Gasteiger partial charge in [-0.15, -0.1) is 0 Å². The Morgan fingerprint density at radius 1 is 0.627 bits per heavy atom. The van der Waals surface area contributed by atoms with Crippen LogP contribution in [0.1, 0.15) is 35.5 Å². The van der Waals surface area contributed by atoms with Crippen LogP contribution < -0.4 is 4.74 Å². The summed E-state index contributed by atoms with van der Waals surface area (Å²) in [6.45, 7) is 3.17. The van der Waals surface area contributed by atoms with Crippen LogP contribution in [0.3, 0.4) is 0 Å². The maximum absolute atomic E-state index is 13.1. The number of nitro benzene ring substituents is 2. The standard InChI is InChI=1S/C32H22Cl6N2O9S2/c1-3-47-31(41)29(27-19(35)9-15(33)10-20(27)36)50-25-13-17(5-7-23(25)39(43)44)49-18-6-8-24(40(45)46)26(14-18)51-30(32(42)48-4-2)28-21(37)11-16(34)12-22(28)38/h5-14,29-30H,3-4H2,1-2H3. The number of nitro groups is 2.